The smallest absolute Gasteiger partial charge is 0.416 e. The molecule has 0 bridgehead atoms. The van der Waals surface area contributed by atoms with Crippen molar-refractivity contribution in [2.75, 3.05) is 11.4 Å². The number of ether oxygens (including phenoxy) is 1. The summed E-state index contributed by atoms with van der Waals surface area (Å²) in [4.78, 5) is 26.1. The molecule has 28 heavy (non-hydrogen) atoms. The summed E-state index contributed by atoms with van der Waals surface area (Å²) >= 11 is 0. The van der Waals surface area contributed by atoms with Crippen LogP contribution in [0.1, 0.15) is 23.6 Å². The summed E-state index contributed by atoms with van der Waals surface area (Å²) < 4.78 is 42.8. The minimum absolute atomic E-state index is 0.318. The summed E-state index contributed by atoms with van der Waals surface area (Å²) in [5.41, 5.74) is 1.53. The van der Waals surface area contributed by atoms with E-state index >= 15 is 0 Å². The van der Waals surface area contributed by atoms with Gasteiger partial charge in [0.1, 0.15) is 0 Å². The van der Waals surface area contributed by atoms with Crippen LogP contribution >= 0.6 is 0 Å². The molecule has 146 valence electrons. The molecule has 0 spiro atoms. The third-order valence-corrected chi connectivity index (χ3v) is 4.44. The minimum Gasteiger partial charge on any atom is -0.449 e. The van der Waals surface area contributed by atoms with Crippen LogP contribution in [-0.4, -0.2) is 24.5 Å². The van der Waals surface area contributed by atoms with Crippen molar-refractivity contribution < 1.29 is 27.5 Å². The van der Waals surface area contributed by atoms with E-state index in [4.69, 9.17) is 4.74 Å². The SMILES string of the molecule is C[C@@H](OC(=O)/C=C/c1ccc(C(F)(F)F)cc1)C(=O)N1CCc2ccccc21. The van der Waals surface area contributed by atoms with Gasteiger partial charge in [0.2, 0.25) is 0 Å². The normalized spacial score (nSPS) is 14.8. The van der Waals surface area contributed by atoms with Gasteiger partial charge in [-0.05, 0) is 48.7 Å². The summed E-state index contributed by atoms with van der Waals surface area (Å²) in [6, 6.07) is 11.9. The van der Waals surface area contributed by atoms with E-state index in [1.165, 1.54) is 25.1 Å². The first-order valence-electron chi connectivity index (χ1n) is 8.71. The molecule has 2 aromatic carbocycles. The third-order valence-electron chi connectivity index (χ3n) is 4.44. The van der Waals surface area contributed by atoms with E-state index < -0.39 is 23.8 Å². The fourth-order valence-corrected chi connectivity index (χ4v) is 3.00. The molecule has 1 aliphatic heterocycles. The fraction of sp³-hybridized carbons (Fsp3) is 0.238. The second kappa shape index (κ2) is 7.88. The Bertz CT molecular complexity index is 904. The van der Waals surface area contributed by atoms with Crippen molar-refractivity contribution >= 4 is 23.6 Å². The number of anilines is 1. The number of nitrogens with zero attached hydrogens (tertiary/aromatic N) is 1. The molecule has 3 rings (SSSR count). The first-order valence-corrected chi connectivity index (χ1v) is 8.71. The predicted octanol–water partition coefficient (Wildman–Crippen LogP) is 4.24. The number of alkyl halides is 3. The maximum atomic E-state index is 12.6. The second-order valence-electron chi connectivity index (χ2n) is 6.40. The Balaban J connectivity index is 1.58. The molecule has 1 heterocycles. The molecule has 0 aromatic heterocycles. The molecule has 0 aliphatic carbocycles. The number of hydrogen-bond acceptors (Lipinski definition) is 3. The molecule has 0 saturated carbocycles. The quantitative estimate of drug-likeness (QED) is 0.581. The maximum absolute atomic E-state index is 12.6. The second-order valence-corrected chi connectivity index (χ2v) is 6.40. The number of amides is 1. The van der Waals surface area contributed by atoms with Crippen LogP contribution in [0, 0.1) is 0 Å². The van der Waals surface area contributed by atoms with Crippen LogP contribution in [0.15, 0.2) is 54.6 Å². The highest BCUT2D eigenvalue weighted by Crippen LogP contribution is 2.29. The topological polar surface area (TPSA) is 46.6 Å². The lowest BCUT2D eigenvalue weighted by atomic mass is 10.1. The zero-order valence-electron chi connectivity index (χ0n) is 15.1. The van der Waals surface area contributed by atoms with Crippen LogP contribution in [0.25, 0.3) is 6.08 Å². The lowest BCUT2D eigenvalue weighted by molar-refractivity contribution is -0.149. The predicted molar refractivity (Wildman–Crippen MR) is 98.5 cm³/mol. The lowest BCUT2D eigenvalue weighted by Gasteiger charge is -2.21. The monoisotopic (exact) mass is 389 g/mol. The van der Waals surface area contributed by atoms with E-state index in [0.29, 0.717) is 12.1 Å². The van der Waals surface area contributed by atoms with Crippen molar-refractivity contribution in [1.82, 2.24) is 0 Å². The van der Waals surface area contributed by atoms with Gasteiger partial charge < -0.3 is 9.64 Å². The van der Waals surface area contributed by atoms with Crippen molar-refractivity contribution in [3.8, 4) is 0 Å². The van der Waals surface area contributed by atoms with E-state index in [9.17, 15) is 22.8 Å². The van der Waals surface area contributed by atoms with Gasteiger partial charge in [0.25, 0.3) is 5.91 Å². The number of halogens is 3. The molecule has 1 atom stereocenters. The highest BCUT2D eigenvalue weighted by Gasteiger charge is 2.30. The molecule has 4 nitrogen and oxygen atoms in total. The van der Waals surface area contributed by atoms with Crippen LogP contribution in [0.2, 0.25) is 0 Å². The number of hydrogen-bond donors (Lipinski definition) is 0. The number of carbonyl (C=O) groups excluding carboxylic acids is 2. The molecule has 0 saturated heterocycles. The van der Waals surface area contributed by atoms with Gasteiger partial charge in [0.15, 0.2) is 6.10 Å². The number of rotatable bonds is 4. The first-order chi connectivity index (χ1) is 13.3. The van der Waals surface area contributed by atoms with Crippen LogP contribution in [0.4, 0.5) is 18.9 Å². The van der Waals surface area contributed by atoms with Gasteiger partial charge in [0.05, 0.1) is 5.56 Å². The van der Waals surface area contributed by atoms with Gasteiger partial charge >= 0.3 is 12.1 Å². The third kappa shape index (κ3) is 4.42. The first kappa shape index (κ1) is 19.7. The van der Waals surface area contributed by atoms with E-state index in [0.717, 1.165) is 35.9 Å². The Hall–Kier alpha value is -3.09. The molecule has 0 fully saturated rings. The lowest BCUT2D eigenvalue weighted by Crippen LogP contribution is -2.38. The fourth-order valence-electron chi connectivity index (χ4n) is 3.00. The van der Waals surface area contributed by atoms with E-state index in [2.05, 4.69) is 0 Å². The van der Waals surface area contributed by atoms with Gasteiger partial charge in [-0.3, -0.25) is 4.79 Å². The number of para-hydroxylation sites is 1. The molecule has 7 heteroatoms. The van der Waals surface area contributed by atoms with Gasteiger partial charge in [-0.2, -0.15) is 13.2 Å². The Morgan fingerprint density at radius 2 is 1.79 bits per heavy atom. The Labute approximate surface area is 160 Å². The Morgan fingerprint density at radius 3 is 2.46 bits per heavy atom. The average molecular weight is 389 g/mol. The molecular formula is C21H18F3NO3. The van der Waals surface area contributed by atoms with Crippen molar-refractivity contribution in [3.05, 3.63) is 71.3 Å². The molecule has 0 radical (unpaired) electrons. The zero-order valence-corrected chi connectivity index (χ0v) is 15.1. The molecule has 2 aromatic rings. The van der Waals surface area contributed by atoms with Gasteiger partial charge in [-0.15, -0.1) is 0 Å². The molecule has 1 aliphatic rings. The summed E-state index contributed by atoms with van der Waals surface area (Å²) in [7, 11) is 0. The molecular weight excluding hydrogens is 371 g/mol. The van der Waals surface area contributed by atoms with Crippen LogP contribution in [-0.2, 0) is 26.9 Å². The highest BCUT2D eigenvalue weighted by molar-refractivity contribution is 6.00. The van der Waals surface area contributed by atoms with Crippen LogP contribution in [0.5, 0.6) is 0 Å². The van der Waals surface area contributed by atoms with Gasteiger partial charge in [0, 0.05) is 18.3 Å². The molecule has 0 unspecified atom stereocenters. The number of fused-ring (bicyclic) bond motifs is 1. The van der Waals surface area contributed by atoms with Crippen molar-refractivity contribution in [1.29, 1.82) is 0 Å². The summed E-state index contributed by atoms with van der Waals surface area (Å²) in [5.74, 6) is -1.06. The molecule has 0 N–H and O–H groups in total. The Morgan fingerprint density at radius 1 is 1.11 bits per heavy atom. The summed E-state index contributed by atoms with van der Waals surface area (Å²) in [6.07, 6.45) is -2.22. The average Bonchev–Trinajstić information content (AvgIpc) is 3.09. The maximum Gasteiger partial charge on any atom is 0.416 e. The standard InChI is InChI=1S/C21H18F3NO3/c1-14(20(27)25-13-12-16-4-2-3-5-18(16)25)28-19(26)11-8-15-6-9-17(10-7-15)21(22,23)24/h2-11,14H,12-13H2,1H3/b11-8+/t14-/m1/s1. The largest absolute Gasteiger partial charge is 0.449 e. The number of benzene rings is 2. The number of esters is 1. The van der Waals surface area contributed by atoms with Crippen molar-refractivity contribution in [2.24, 2.45) is 0 Å². The summed E-state index contributed by atoms with van der Waals surface area (Å²) in [5, 5.41) is 0. The van der Waals surface area contributed by atoms with E-state index in [-0.39, 0.29) is 5.91 Å². The number of carbonyl (C=O) groups is 2. The minimum atomic E-state index is -4.41. The van der Waals surface area contributed by atoms with Crippen molar-refractivity contribution in [3.63, 3.8) is 0 Å². The highest BCUT2D eigenvalue weighted by atomic mass is 19.4. The zero-order chi connectivity index (χ0) is 20.3. The van der Waals surface area contributed by atoms with Gasteiger partial charge in [-0.25, -0.2) is 4.79 Å². The van der Waals surface area contributed by atoms with E-state index in [1.54, 1.807) is 4.90 Å². The molecule has 1 amide bonds. The van der Waals surface area contributed by atoms with Crippen molar-refractivity contribution in [2.45, 2.75) is 25.6 Å². The Kier molecular flexibility index (Phi) is 5.53. The van der Waals surface area contributed by atoms with Gasteiger partial charge in [-0.1, -0.05) is 30.3 Å². The van der Waals surface area contributed by atoms with E-state index in [1.807, 2.05) is 24.3 Å². The summed E-state index contributed by atoms with van der Waals surface area (Å²) in [6.45, 7) is 2.02. The van der Waals surface area contributed by atoms with Crippen LogP contribution < -0.4 is 4.90 Å². The van der Waals surface area contributed by atoms with Crippen LogP contribution in [0.3, 0.4) is 0 Å².